The number of aryl methyl sites for hydroxylation is 1. The van der Waals surface area contributed by atoms with Gasteiger partial charge in [0.05, 0.1) is 18.7 Å². The van der Waals surface area contributed by atoms with Gasteiger partial charge in [-0.2, -0.15) is 0 Å². The van der Waals surface area contributed by atoms with E-state index in [2.05, 4.69) is 9.98 Å². The summed E-state index contributed by atoms with van der Waals surface area (Å²) in [6, 6.07) is 8.20. The van der Waals surface area contributed by atoms with Gasteiger partial charge in [-0.3, -0.25) is 19.6 Å². The van der Waals surface area contributed by atoms with E-state index in [0.717, 1.165) is 11.1 Å². The van der Waals surface area contributed by atoms with Gasteiger partial charge in [0.2, 0.25) is 5.96 Å². The Kier molecular flexibility index (Phi) is 3.11. The number of pyridine rings is 1. The monoisotopic (exact) mass is 310 g/mol. The number of aromatic nitrogens is 1. The maximum Gasteiger partial charge on any atom is 0.264 e. The van der Waals surface area contributed by atoms with Crippen molar-refractivity contribution >= 4 is 17.7 Å². The topological polar surface area (TPSA) is 48.8 Å². The minimum absolute atomic E-state index is 0.0530. The molecule has 5 nitrogen and oxygen atoms in total. The van der Waals surface area contributed by atoms with Gasteiger partial charge in [-0.1, -0.05) is 12.1 Å². The molecular weight excluding hydrogens is 295 g/mol. The number of halogens is 1. The number of amides is 1. The molecule has 3 heterocycles. The van der Waals surface area contributed by atoms with E-state index in [1.807, 2.05) is 17.9 Å². The molecule has 2 aliphatic heterocycles. The summed E-state index contributed by atoms with van der Waals surface area (Å²) in [4.78, 5) is 25.1. The molecule has 0 radical (unpaired) electrons. The van der Waals surface area contributed by atoms with Crippen molar-refractivity contribution in [3.8, 4) is 0 Å². The first-order chi connectivity index (χ1) is 11.1. The Bertz CT molecular complexity index is 816. The summed E-state index contributed by atoms with van der Waals surface area (Å²) in [5.41, 5.74) is 2.47. The van der Waals surface area contributed by atoms with Crippen molar-refractivity contribution in [2.24, 2.45) is 4.99 Å². The molecular formula is C17H15FN4O. The molecule has 1 aromatic carbocycles. The Balaban J connectivity index is 1.79. The van der Waals surface area contributed by atoms with Crippen LogP contribution in [-0.4, -0.2) is 34.8 Å². The molecule has 1 aromatic heterocycles. The number of hydrogen-bond acceptors (Lipinski definition) is 4. The van der Waals surface area contributed by atoms with Crippen molar-refractivity contribution in [2.45, 2.75) is 13.5 Å². The smallest absolute Gasteiger partial charge is 0.264 e. The normalized spacial score (nSPS) is 16.3. The summed E-state index contributed by atoms with van der Waals surface area (Å²) in [6.07, 6.45) is 1.74. The largest absolute Gasteiger partial charge is 0.291 e. The molecule has 1 amide bonds. The third-order valence-corrected chi connectivity index (χ3v) is 4.05. The van der Waals surface area contributed by atoms with Crippen LogP contribution >= 0.6 is 0 Å². The summed E-state index contributed by atoms with van der Waals surface area (Å²) in [6.45, 7) is 3.58. The molecule has 0 bridgehead atoms. The summed E-state index contributed by atoms with van der Waals surface area (Å²) < 4.78 is 13.1. The minimum Gasteiger partial charge on any atom is -0.291 e. The number of guanidine groups is 1. The van der Waals surface area contributed by atoms with Crippen molar-refractivity contribution in [3.05, 3.63) is 59.0 Å². The molecule has 0 atom stereocenters. The summed E-state index contributed by atoms with van der Waals surface area (Å²) in [7, 11) is 0. The van der Waals surface area contributed by atoms with Crippen LogP contribution in [0.5, 0.6) is 0 Å². The lowest BCUT2D eigenvalue weighted by Crippen LogP contribution is -2.50. The lowest BCUT2D eigenvalue weighted by atomic mass is 10.1. The second-order valence-corrected chi connectivity index (χ2v) is 5.73. The van der Waals surface area contributed by atoms with Crippen LogP contribution in [0.3, 0.4) is 0 Å². The lowest BCUT2D eigenvalue weighted by molar-refractivity contribution is 0.0850. The van der Waals surface area contributed by atoms with Gasteiger partial charge in [-0.05, 0) is 36.2 Å². The highest BCUT2D eigenvalue weighted by Crippen LogP contribution is 2.30. The average Bonchev–Trinajstić information content (AvgIpc) is 3.03. The molecule has 0 N–H and O–H groups in total. The maximum absolute atomic E-state index is 13.1. The van der Waals surface area contributed by atoms with Crippen molar-refractivity contribution in [1.82, 2.24) is 9.88 Å². The van der Waals surface area contributed by atoms with Gasteiger partial charge in [0, 0.05) is 12.7 Å². The van der Waals surface area contributed by atoms with Crippen LogP contribution < -0.4 is 4.90 Å². The first-order valence-corrected chi connectivity index (χ1v) is 7.48. The maximum atomic E-state index is 13.1. The van der Waals surface area contributed by atoms with Crippen LogP contribution in [0, 0.1) is 12.7 Å². The van der Waals surface area contributed by atoms with Crippen LogP contribution in [0.15, 0.2) is 41.5 Å². The Labute approximate surface area is 133 Å². The fourth-order valence-electron chi connectivity index (χ4n) is 2.95. The zero-order valence-corrected chi connectivity index (χ0v) is 12.7. The standard InChI is InChI=1S/C17H15FN4O/c1-11-8-14-15(20-9-11)22(10-12-2-4-13(18)5-3-12)17-19-6-7-21(17)16(14)23/h2-5,8-9H,6-7,10H2,1H3. The molecule has 0 saturated carbocycles. The van der Waals surface area contributed by atoms with Crippen molar-refractivity contribution in [2.75, 3.05) is 18.0 Å². The minimum atomic E-state index is -0.267. The first-order valence-electron chi connectivity index (χ1n) is 7.48. The van der Waals surface area contributed by atoms with E-state index >= 15 is 0 Å². The van der Waals surface area contributed by atoms with E-state index < -0.39 is 0 Å². The van der Waals surface area contributed by atoms with Gasteiger partial charge >= 0.3 is 0 Å². The second kappa shape index (κ2) is 5.15. The van der Waals surface area contributed by atoms with Crippen molar-refractivity contribution in [1.29, 1.82) is 0 Å². The summed E-state index contributed by atoms with van der Waals surface area (Å²) in [5, 5.41) is 0. The van der Waals surface area contributed by atoms with Crippen LogP contribution in [0.4, 0.5) is 10.2 Å². The molecule has 0 spiro atoms. The molecule has 23 heavy (non-hydrogen) atoms. The summed E-state index contributed by atoms with van der Waals surface area (Å²) in [5.74, 6) is 0.921. The number of nitrogens with zero attached hydrogens (tertiary/aromatic N) is 4. The molecule has 2 aliphatic rings. The van der Waals surface area contributed by atoms with Crippen LogP contribution in [-0.2, 0) is 6.54 Å². The van der Waals surface area contributed by atoms with Crippen LogP contribution in [0.1, 0.15) is 21.5 Å². The molecule has 0 saturated heterocycles. The third kappa shape index (κ3) is 2.27. The number of benzene rings is 1. The quantitative estimate of drug-likeness (QED) is 0.855. The second-order valence-electron chi connectivity index (χ2n) is 5.73. The van der Waals surface area contributed by atoms with Gasteiger partial charge in [0.25, 0.3) is 5.91 Å². The Morgan fingerprint density at radius 1 is 1.26 bits per heavy atom. The zero-order chi connectivity index (χ0) is 16.0. The molecule has 2 aromatic rings. The van der Waals surface area contributed by atoms with Crippen molar-refractivity contribution in [3.63, 3.8) is 0 Å². The highest BCUT2D eigenvalue weighted by Gasteiger charge is 2.38. The average molecular weight is 310 g/mol. The number of carbonyl (C=O) groups excluding carboxylic acids is 1. The molecule has 0 fully saturated rings. The predicted octanol–water partition coefficient (Wildman–Crippen LogP) is 2.36. The number of carbonyl (C=O) groups is 1. The molecule has 0 unspecified atom stereocenters. The van der Waals surface area contributed by atoms with Crippen LogP contribution in [0.2, 0.25) is 0 Å². The predicted molar refractivity (Wildman–Crippen MR) is 84.9 cm³/mol. The Hall–Kier alpha value is -2.76. The van der Waals surface area contributed by atoms with Gasteiger partial charge in [-0.15, -0.1) is 0 Å². The number of rotatable bonds is 2. The number of aliphatic imine (C=N–C) groups is 1. The van der Waals surface area contributed by atoms with Crippen molar-refractivity contribution < 1.29 is 9.18 Å². The van der Waals surface area contributed by atoms with Gasteiger partial charge in [0.15, 0.2) is 0 Å². The van der Waals surface area contributed by atoms with Gasteiger partial charge in [-0.25, -0.2) is 9.37 Å². The fraction of sp³-hybridized carbons (Fsp3) is 0.235. The Morgan fingerprint density at radius 2 is 2.04 bits per heavy atom. The van der Waals surface area contributed by atoms with E-state index in [1.165, 1.54) is 12.1 Å². The Morgan fingerprint density at radius 3 is 2.83 bits per heavy atom. The van der Waals surface area contributed by atoms with Gasteiger partial charge < -0.3 is 0 Å². The highest BCUT2D eigenvalue weighted by molar-refractivity contribution is 6.18. The molecule has 6 heteroatoms. The van der Waals surface area contributed by atoms with E-state index in [9.17, 15) is 9.18 Å². The van der Waals surface area contributed by atoms with E-state index in [0.29, 0.717) is 37.0 Å². The number of fused-ring (bicyclic) bond motifs is 2. The molecule has 0 aliphatic carbocycles. The van der Waals surface area contributed by atoms with E-state index in [1.54, 1.807) is 23.2 Å². The third-order valence-electron chi connectivity index (χ3n) is 4.05. The molecule has 4 rings (SSSR count). The highest BCUT2D eigenvalue weighted by atomic mass is 19.1. The summed E-state index contributed by atoms with van der Waals surface area (Å²) >= 11 is 0. The van der Waals surface area contributed by atoms with Gasteiger partial charge in [0.1, 0.15) is 11.6 Å². The zero-order valence-electron chi connectivity index (χ0n) is 12.7. The number of hydrogen-bond donors (Lipinski definition) is 0. The molecule has 116 valence electrons. The fourth-order valence-corrected chi connectivity index (χ4v) is 2.95. The van der Waals surface area contributed by atoms with E-state index in [-0.39, 0.29) is 11.7 Å². The van der Waals surface area contributed by atoms with E-state index in [4.69, 9.17) is 0 Å². The lowest BCUT2D eigenvalue weighted by Gasteiger charge is -2.35. The first kappa shape index (κ1) is 13.9. The SMILES string of the molecule is Cc1cnc2c(c1)C(=O)N1CCN=C1N2Cc1ccc(F)cc1. The van der Waals surface area contributed by atoms with Crippen LogP contribution in [0.25, 0.3) is 0 Å². The number of anilines is 1.